The fourth-order valence-electron chi connectivity index (χ4n) is 3.33. The molecular formula is C18H18FN5O2. The molecule has 0 bridgehead atoms. The van der Waals surface area contributed by atoms with Crippen LogP contribution in [0.15, 0.2) is 35.1 Å². The van der Waals surface area contributed by atoms with Crippen molar-refractivity contribution in [3.05, 3.63) is 52.3 Å². The summed E-state index contributed by atoms with van der Waals surface area (Å²) in [4.78, 5) is 24.3. The van der Waals surface area contributed by atoms with Gasteiger partial charge in [-0.1, -0.05) is 12.8 Å². The number of aromatic nitrogens is 4. The molecule has 2 N–H and O–H groups in total. The minimum absolute atomic E-state index is 0.0221. The lowest BCUT2D eigenvalue weighted by Crippen LogP contribution is -2.34. The van der Waals surface area contributed by atoms with E-state index in [0.717, 1.165) is 25.7 Å². The minimum Gasteiger partial charge on any atom is -0.353 e. The molecule has 0 spiro atoms. The zero-order valence-corrected chi connectivity index (χ0v) is 14.0. The molecule has 0 saturated heterocycles. The number of carbonyl (C=O) groups is 1. The van der Waals surface area contributed by atoms with Crippen molar-refractivity contribution >= 4 is 11.4 Å². The van der Waals surface area contributed by atoms with E-state index in [1.165, 1.54) is 16.6 Å². The third-order valence-corrected chi connectivity index (χ3v) is 4.65. The Kier molecular flexibility index (Phi) is 4.24. The predicted molar refractivity (Wildman–Crippen MR) is 93.1 cm³/mol. The lowest BCUT2D eigenvalue weighted by Gasteiger charge is -2.11. The van der Waals surface area contributed by atoms with Crippen LogP contribution in [0.25, 0.3) is 16.8 Å². The molecule has 0 unspecified atom stereocenters. The number of fused-ring (bicyclic) bond motifs is 1. The fourth-order valence-corrected chi connectivity index (χ4v) is 3.33. The van der Waals surface area contributed by atoms with E-state index < -0.39 is 5.56 Å². The van der Waals surface area contributed by atoms with Gasteiger partial charge in [0.15, 0.2) is 5.82 Å². The first kappa shape index (κ1) is 16.4. The molecule has 2 aromatic heterocycles. The molecule has 1 fully saturated rings. The summed E-state index contributed by atoms with van der Waals surface area (Å²) in [5.41, 5.74) is 1.09. The van der Waals surface area contributed by atoms with Crippen molar-refractivity contribution in [2.75, 3.05) is 0 Å². The Morgan fingerprint density at radius 1 is 1.27 bits per heavy atom. The molecule has 26 heavy (non-hydrogen) atoms. The lowest BCUT2D eigenvalue weighted by atomic mass is 10.1. The Bertz CT molecular complexity index is 1000. The molecule has 0 atom stereocenters. The zero-order chi connectivity index (χ0) is 18.1. The number of aromatic amines is 1. The molecule has 8 heteroatoms. The molecule has 1 amide bonds. The van der Waals surface area contributed by atoms with Crippen LogP contribution in [0.5, 0.6) is 0 Å². The highest BCUT2D eigenvalue weighted by Gasteiger charge is 2.19. The van der Waals surface area contributed by atoms with Crippen LogP contribution in [0.1, 0.15) is 31.5 Å². The lowest BCUT2D eigenvalue weighted by molar-refractivity contribution is -0.121. The van der Waals surface area contributed by atoms with Gasteiger partial charge in [-0.25, -0.2) is 14.0 Å². The monoisotopic (exact) mass is 355 g/mol. The second-order valence-electron chi connectivity index (χ2n) is 6.53. The number of carbonyl (C=O) groups excluding carboxylic acids is 1. The van der Waals surface area contributed by atoms with Crippen LogP contribution in [0, 0.1) is 5.82 Å². The molecule has 0 radical (unpaired) electrons. The van der Waals surface area contributed by atoms with Gasteiger partial charge in [0.25, 0.3) is 5.56 Å². The standard InChI is InChI=1S/C18H18FN5O2/c19-12-7-5-11(6-8-12)14-9-15-18(26)22-21-16(24(15)23-14)10-17(25)20-13-3-1-2-4-13/h5-9,13H,1-4,10H2,(H,20,25)(H,22,26). The summed E-state index contributed by atoms with van der Waals surface area (Å²) in [7, 11) is 0. The van der Waals surface area contributed by atoms with E-state index >= 15 is 0 Å². The van der Waals surface area contributed by atoms with Gasteiger partial charge in [-0.3, -0.25) is 9.59 Å². The van der Waals surface area contributed by atoms with Crippen LogP contribution in [-0.4, -0.2) is 31.8 Å². The van der Waals surface area contributed by atoms with Gasteiger partial charge in [0.05, 0.1) is 12.1 Å². The topological polar surface area (TPSA) is 92.2 Å². The number of hydrogen-bond donors (Lipinski definition) is 2. The summed E-state index contributed by atoms with van der Waals surface area (Å²) in [6, 6.07) is 7.66. The average molecular weight is 355 g/mol. The summed E-state index contributed by atoms with van der Waals surface area (Å²) in [6.07, 6.45) is 4.28. The number of nitrogens with one attached hydrogen (secondary N) is 2. The molecule has 4 rings (SSSR count). The van der Waals surface area contributed by atoms with Gasteiger partial charge in [0, 0.05) is 11.6 Å². The molecule has 134 valence electrons. The van der Waals surface area contributed by atoms with Gasteiger partial charge in [0.1, 0.15) is 11.3 Å². The summed E-state index contributed by atoms with van der Waals surface area (Å²) < 4.78 is 14.5. The van der Waals surface area contributed by atoms with E-state index in [9.17, 15) is 14.0 Å². The molecule has 1 saturated carbocycles. The molecule has 0 aliphatic heterocycles. The van der Waals surface area contributed by atoms with E-state index in [1.54, 1.807) is 18.2 Å². The Labute approximate surface area is 148 Å². The van der Waals surface area contributed by atoms with Crippen LogP contribution in [-0.2, 0) is 11.2 Å². The third kappa shape index (κ3) is 3.22. The average Bonchev–Trinajstić information content (AvgIpc) is 3.28. The van der Waals surface area contributed by atoms with Crippen LogP contribution in [0.4, 0.5) is 4.39 Å². The van der Waals surface area contributed by atoms with Gasteiger partial charge >= 0.3 is 0 Å². The maximum atomic E-state index is 13.1. The van der Waals surface area contributed by atoms with Gasteiger partial charge in [-0.15, -0.1) is 0 Å². The van der Waals surface area contributed by atoms with E-state index in [4.69, 9.17) is 0 Å². The van der Waals surface area contributed by atoms with Crippen molar-refractivity contribution in [2.24, 2.45) is 0 Å². The molecule has 3 aromatic rings. The predicted octanol–water partition coefficient (Wildman–Crippen LogP) is 1.82. The Morgan fingerprint density at radius 2 is 2.00 bits per heavy atom. The van der Waals surface area contributed by atoms with Crippen LogP contribution < -0.4 is 10.9 Å². The third-order valence-electron chi connectivity index (χ3n) is 4.65. The zero-order valence-electron chi connectivity index (χ0n) is 14.0. The molecule has 1 aliphatic carbocycles. The van der Waals surface area contributed by atoms with Gasteiger partial charge in [0.2, 0.25) is 5.91 Å². The highest BCUT2D eigenvalue weighted by atomic mass is 19.1. The van der Waals surface area contributed by atoms with E-state index in [-0.39, 0.29) is 24.2 Å². The first-order valence-corrected chi connectivity index (χ1v) is 8.63. The first-order valence-electron chi connectivity index (χ1n) is 8.63. The number of H-pyrrole nitrogens is 1. The Morgan fingerprint density at radius 3 is 2.73 bits per heavy atom. The maximum absolute atomic E-state index is 13.1. The molecular weight excluding hydrogens is 337 g/mol. The number of halogens is 1. The van der Waals surface area contributed by atoms with E-state index in [0.29, 0.717) is 22.6 Å². The van der Waals surface area contributed by atoms with Crippen molar-refractivity contribution in [3.63, 3.8) is 0 Å². The fraction of sp³-hybridized carbons (Fsp3) is 0.333. The maximum Gasteiger partial charge on any atom is 0.290 e. The summed E-state index contributed by atoms with van der Waals surface area (Å²) >= 11 is 0. The molecule has 7 nitrogen and oxygen atoms in total. The second-order valence-corrected chi connectivity index (χ2v) is 6.53. The van der Waals surface area contributed by atoms with Crippen molar-refractivity contribution < 1.29 is 9.18 Å². The quantitative estimate of drug-likeness (QED) is 0.747. The van der Waals surface area contributed by atoms with Crippen molar-refractivity contribution in [1.82, 2.24) is 25.1 Å². The smallest absolute Gasteiger partial charge is 0.290 e. The van der Waals surface area contributed by atoms with E-state index in [1.807, 2.05) is 0 Å². The molecule has 1 aromatic carbocycles. The summed E-state index contributed by atoms with van der Waals surface area (Å²) in [5.74, 6) is -0.138. The van der Waals surface area contributed by atoms with Crippen molar-refractivity contribution in [2.45, 2.75) is 38.1 Å². The first-order chi connectivity index (χ1) is 12.6. The highest BCUT2D eigenvalue weighted by molar-refractivity contribution is 5.78. The van der Waals surface area contributed by atoms with Gasteiger partial charge < -0.3 is 5.32 Å². The SMILES string of the molecule is O=C(Cc1n[nH]c(=O)c2cc(-c3ccc(F)cc3)nn12)NC1CCCC1. The Balaban J connectivity index is 1.64. The minimum atomic E-state index is -0.397. The van der Waals surface area contributed by atoms with Gasteiger partial charge in [-0.05, 0) is 43.2 Å². The second kappa shape index (κ2) is 6.70. The molecule has 1 aliphatic rings. The summed E-state index contributed by atoms with van der Waals surface area (Å²) in [6.45, 7) is 0. The van der Waals surface area contributed by atoms with Crippen LogP contribution in [0.3, 0.4) is 0 Å². The number of rotatable bonds is 4. The van der Waals surface area contributed by atoms with Crippen molar-refractivity contribution in [1.29, 1.82) is 0 Å². The van der Waals surface area contributed by atoms with E-state index in [2.05, 4.69) is 20.6 Å². The normalized spacial score (nSPS) is 14.8. The van der Waals surface area contributed by atoms with Crippen LogP contribution in [0.2, 0.25) is 0 Å². The number of amides is 1. The number of hydrogen-bond acceptors (Lipinski definition) is 4. The molecule has 2 heterocycles. The largest absolute Gasteiger partial charge is 0.353 e. The van der Waals surface area contributed by atoms with Crippen LogP contribution >= 0.6 is 0 Å². The Hall–Kier alpha value is -3.03. The number of nitrogens with zero attached hydrogens (tertiary/aromatic N) is 3. The highest BCUT2D eigenvalue weighted by Crippen LogP contribution is 2.20. The van der Waals surface area contributed by atoms with Gasteiger partial charge in [-0.2, -0.15) is 10.2 Å². The van der Waals surface area contributed by atoms with Crippen molar-refractivity contribution in [3.8, 4) is 11.3 Å². The summed E-state index contributed by atoms with van der Waals surface area (Å²) in [5, 5.41) is 13.8. The number of benzene rings is 1.